The molecule has 35 heavy (non-hydrogen) atoms. The van der Waals surface area contributed by atoms with Crippen LogP contribution in [0.25, 0.3) is 11.1 Å². The molecule has 0 fully saturated rings. The Morgan fingerprint density at radius 2 is 1.66 bits per heavy atom. The Labute approximate surface area is 207 Å². The lowest BCUT2D eigenvalue weighted by molar-refractivity contribution is -0.160. The first-order valence-corrected chi connectivity index (χ1v) is 12.0. The summed E-state index contributed by atoms with van der Waals surface area (Å²) in [7, 11) is 0. The summed E-state index contributed by atoms with van der Waals surface area (Å²) >= 11 is 0. The Bertz CT molecular complexity index is 1260. The van der Waals surface area contributed by atoms with Crippen molar-refractivity contribution >= 4 is 5.97 Å². The lowest BCUT2D eigenvalue weighted by Gasteiger charge is -2.30. The number of aryl methyl sites for hydroxylation is 1. The highest BCUT2D eigenvalue weighted by molar-refractivity contribution is 5.84. The largest absolute Gasteiger partial charge is 0.479 e. The number of rotatable bonds is 6. The molecule has 184 valence electrons. The third kappa shape index (κ3) is 5.31. The number of hydrogen-bond donors (Lipinski definition) is 1. The van der Waals surface area contributed by atoms with Gasteiger partial charge in [-0.2, -0.15) is 0 Å². The number of carboxylic acid groups (broad SMARTS) is 1. The van der Waals surface area contributed by atoms with Gasteiger partial charge in [-0.3, -0.25) is 4.90 Å². The number of aliphatic carboxylic acids is 1. The molecule has 0 amide bonds. The van der Waals surface area contributed by atoms with Gasteiger partial charge in [0.1, 0.15) is 5.82 Å². The van der Waals surface area contributed by atoms with Crippen LogP contribution >= 0.6 is 0 Å². The second kappa shape index (κ2) is 9.56. The summed E-state index contributed by atoms with van der Waals surface area (Å²) in [6, 6.07) is 14.9. The van der Waals surface area contributed by atoms with Crippen molar-refractivity contribution in [3.05, 3.63) is 93.3 Å². The van der Waals surface area contributed by atoms with E-state index < -0.39 is 17.7 Å². The fourth-order valence-corrected chi connectivity index (χ4v) is 5.10. The number of fused-ring (bicyclic) bond motifs is 1. The van der Waals surface area contributed by atoms with Crippen LogP contribution in [-0.4, -0.2) is 21.6 Å². The van der Waals surface area contributed by atoms with Crippen molar-refractivity contribution in [3.63, 3.8) is 0 Å². The third-order valence-electron chi connectivity index (χ3n) is 6.67. The minimum Gasteiger partial charge on any atom is -0.479 e. The van der Waals surface area contributed by atoms with Crippen molar-refractivity contribution in [2.75, 3.05) is 0 Å². The molecule has 3 aromatic rings. The van der Waals surface area contributed by atoms with Gasteiger partial charge in [0.25, 0.3) is 0 Å². The van der Waals surface area contributed by atoms with Crippen LogP contribution in [0.1, 0.15) is 65.8 Å². The van der Waals surface area contributed by atoms with E-state index in [1.54, 1.807) is 12.1 Å². The van der Waals surface area contributed by atoms with Crippen molar-refractivity contribution in [2.45, 2.75) is 72.9 Å². The topological polar surface area (TPSA) is 49.8 Å². The normalized spacial score (nSPS) is 14.7. The van der Waals surface area contributed by atoms with E-state index in [0.29, 0.717) is 13.1 Å². The summed E-state index contributed by atoms with van der Waals surface area (Å²) in [5.74, 6) is -1.23. The van der Waals surface area contributed by atoms with Crippen molar-refractivity contribution in [2.24, 2.45) is 0 Å². The average Bonchev–Trinajstić information content (AvgIpc) is 3.19. The summed E-state index contributed by atoms with van der Waals surface area (Å²) < 4.78 is 19.9. The summed E-state index contributed by atoms with van der Waals surface area (Å²) in [5, 5.41) is 10.3. The smallest absolute Gasteiger partial charge is 0.337 e. The number of carbonyl (C=O) groups is 1. The molecule has 0 radical (unpaired) electrons. The fourth-order valence-electron chi connectivity index (χ4n) is 5.10. The first-order valence-electron chi connectivity index (χ1n) is 12.0. The molecule has 1 heterocycles. The number of ether oxygens (including phenoxy) is 1. The van der Waals surface area contributed by atoms with E-state index in [0.717, 1.165) is 51.1 Å². The molecule has 0 aromatic heterocycles. The molecule has 3 aromatic carbocycles. The first-order chi connectivity index (χ1) is 16.4. The maximum absolute atomic E-state index is 13.8. The molecule has 0 saturated carbocycles. The highest BCUT2D eigenvalue weighted by atomic mass is 19.1. The van der Waals surface area contributed by atoms with Crippen LogP contribution in [0.5, 0.6) is 0 Å². The van der Waals surface area contributed by atoms with E-state index in [-0.39, 0.29) is 5.82 Å². The molecule has 0 spiro atoms. The average molecular weight is 476 g/mol. The van der Waals surface area contributed by atoms with Crippen LogP contribution < -0.4 is 0 Å². The van der Waals surface area contributed by atoms with E-state index in [9.17, 15) is 14.3 Å². The molecule has 4 nitrogen and oxygen atoms in total. The van der Waals surface area contributed by atoms with E-state index in [4.69, 9.17) is 4.74 Å². The summed E-state index contributed by atoms with van der Waals surface area (Å²) in [6.07, 6.45) is -1.09. The molecule has 1 aliphatic heterocycles. The highest BCUT2D eigenvalue weighted by Gasteiger charge is 2.35. The molecule has 1 aliphatic rings. The van der Waals surface area contributed by atoms with Gasteiger partial charge in [-0.15, -0.1) is 0 Å². The zero-order chi connectivity index (χ0) is 25.5. The summed E-state index contributed by atoms with van der Waals surface area (Å²) in [4.78, 5) is 14.8. The second-order valence-corrected chi connectivity index (χ2v) is 10.6. The maximum Gasteiger partial charge on any atom is 0.337 e. The van der Waals surface area contributed by atoms with Crippen molar-refractivity contribution in [3.8, 4) is 11.1 Å². The van der Waals surface area contributed by atoms with E-state index in [2.05, 4.69) is 36.1 Å². The number of benzene rings is 3. The predicted octanol–water partition coefficient (Wildman–Crippen LogP) is 6.87. The summed E-state index contributed by atoms with van der Waals surface area (Å²) in [5.41, 5.74) is 8.49. The molecule has 0 saturated heterocycles. The monoisotopic (exact) mass is 475 g/mol. The van der Waals surface area contributed by atoms with Crippen LogP contribution in [0.2, 0.25) is 0 Å². The predicted molar refractivity (Wildman–Crippen MR) is 137 cm³/mol. The Balaban J connectivity index is 1.86. The molecule has 5 heteroatoms. The van der Waals surface area contributed by atoms with E-state index in [1.165, 1.54) is 11.6 Å². The van der Waals surface area contributed by atoms with Crippen molar-refractivity contribution in [1.29, 1.82) is 0 Å². The SMILES string of the molecule is Cc1ccc(-c2c(C)c3c(c(C)c2[C@H](OC(C)(C)C)C(=O)O)CN(Cc2cccc(F)c2)C3)cc1. The van der Waals surface area contributed by atoms with Gasteiger partial charge < -0.3 is 9.84 Å². The number of nitrogens with zero attached hydrogens (tertiary/aromatic N) is 1. The first kappa shape index (κ1) is 25.1. The van der Waals surface area contributed by atoms with Crippen molar-refractivity contribution < 1.29 is 19.0 Å². The van der Waals surface area contributed by atoms with Crippen LogP contribution in [-0.2, 0) is 29.2 Å². The van der Waals surface area contributed by atoms with Crippen molar-refractivity contribution in [1.82, 2.24) is 4.90 Å². The second-order valence-electron chi connectivity index (χ2n) is 10.6. The molecule has 1 atom stereocenters. The Morgan fingerprint density at radius 3 is 2.23 bits per heavy atom. The van der Waals surface area contributed by atoms with Gasteiger partial charge in [-0.05, 0) is 92.6 Å². The van der Waals surface area contributed by atoms with Crippen LogP contribution in [0.3, 0.4) is 0 Å². The standard InChI is InChI=1S/C30H34FNO3/c1-18-10-12-22(13-11-18)26-19(2)24-16-32(15-21-8-7-9-23(31)14-21)17-25(24)20(3)27(26)28(29(33)34)35-30(4,5)6/h7-14,28H,15-17H2,1-6H3,(H,33,34)/t28-/m0/s1. The Hall–Kier alpha value is -3.02. The van der Waals surface area contributed by atoms with E-state index >= 15 is 0 Å². The summed E-state index contributed by atoms with van der Waals surface area (Å²) in [6.45, 7) is 13.8. The Kier molecular flexibility index (Phi) is 6.85. The van der Waals surface area contributed by atoms with Crippen LogP contribution in [0.4, 0.5) is 4.39 Å². The lowest BCUT2D eigenvalue weighted by atomic mass is 9.83. The minimum absolute atomic E-state index is 0.237. The molecular formula is C30H34FNO3. The third-order valence-corrected chi connectivity index (χ3v) is 6.67. The van der Waals surface area contributed by atoms with Gasteiger partial charge in [-0.1, -0.05) is 42.0 Å². The van der Waals surface area contributed by atoms with Gasteiger partial charge in [0.05, 0.1) is 5.60 Å². The Morgan fingerprint density at radius 1 is 1.03 bits per heavy atom. The van der Waals surface area contributed by atoms with Gasteiger partial charge in [-0.25, -0.2) is 9.18 Å². The van der Waals surface area contributed by atoms with Gasteiger partial charge >= 0.3 is 5.97 Å². The molecule has 0 unspecified atom stereocenters. The van der Waals surface area contributed by atoms with Gasteiger partial charge in [0, 0.05) is 25.2 Å². The number of carboxylic acids is 1. The number of halogens is 1. The highest BCUT2D eigenvalue weighted by Crippen LogP contribution is 2.43. The van der Waals surface area contributed by atoms with Gasteiger partial charge in [0.2, 0.25) is 0 Å². The zero-order valence-corrected chi connectivity index (χ0v) is 21.4. The molecule has 0 bridgehead atoms. The van der Waals surface area contributed by atoms with Crippen LogP contribution in [0.15, 0.2) is 48.5 Å². The molecule has 4 rings (SSSR count). The minimum atomic E-state index is -1.09. The quantitative estimate of drug-likeness (QED) is 0.422. The molecule has 0 aliphatic carbocycles. The fraction of sp³-hybridized carbons (Fsp3) is 0.367. The van der Waals surface area contributed by atoms with Crippen LogP contribution in [0, 0.1) is 26.6 Å². The maximum atomic E-state index is 13.8. The molecular weight excluding hydrogens is 441 g/mol. The number of hydrogen-bond acceptors (Lipinski definition) is 3. The lowest BCUT2D eigenvalue weighted by Crippen LogP contribution is -2.28. The molecule has 1 N–H and O–H groups in total. The zero-order valence-electron chi connectivity index (χ0n) is 21.4. The van der Waals surface area contributed by atoms with Gasteiger partial charge in [0.15, 0.2) is 6.10 Å². The van der Waals surface area contributed by atoms with E-state index in [1.807, 2.05) is 40.7 Å².